The minimum Gasteiger partial charge on any atom is -0.480 e. The van der Waals surface area contributed by atoms with Crippen molar-refractivity contribution < 1.29 is 13.5 Å². The topological polar surface area (TPSA) is 27.1 Å². The van der Waals surface area contributed by atoms with Crippen LogP contribution >= 0.6 is 11.6 Å². The van der Waals surface area contributed by atoms with E-state index in [-0.39, 0.29) is 10.9 Å². The van der Waals surface area contributed by atoms with Crippen molar-refractivity contribution in [3.8, 4) is 5.88 Å². The molecule has 0 aliphatic carbocycles. The molecule has 68 valence electrons. The van der Waals surface area contributed by atoms with E-state index in [0.717, 1.165) is 4.68 Å². The van der Waals surface area contributed by atoms with Crippen molar-refractivity contribution in [2.24, 2.45) is 0 Å². The second kappa shape index (κ2) is 3.71. The Kier molecular flexibility index (Phi) is 2.86. The molecule has 0 unspecified atom stereocenters. The van der Waals surface area contributed by atoms with E-state index in [1.54, 1.807) is 0 Å². The van der Waals surface area contributed by atoms with Gasteiger partial charge in [-0.2, -0.15) is 5.10 Å². The molecular formula is C6H7ClF2N2O. The Morgan fingerprint density at radius 2 is 2.42 bits per heavy atom. The summed E-state index contributed by atoms with van der Waals surface area (Å²) in [4.78, 5) is 0. The van der Waals surface area contributed by atoms with Crippen LogP contribution in [0.3, 0.4) is 0 Å². The van der Waals surface area contributed by atoms with Gasteiger partial charge < -0.3 is 4.74 Å². The molecule has 0 radical (unpaired) electrons. The summed E-state index contributed by atoms with van der Waals surface area (Å²) in [5.41, 5.74) is 0. The Hall–Kier alpha value is -0.840. The SMILES string of the molecule is COc1c(Cl)cnn1CC(F)F. The summed E-state index contributed by atoms with van der Waals surface area (Å²) in [7, 11) is 1.35. The van der Waals surface area contributed by atoms with Crippen LogP contribution in [0, 0.1) is 0 Å². The lowest BCUT2D eigenvalue weighted by atomic mass is 10.6. The summed E-state index contributed by atoms with van der Waals surface area (Å²) >= 11 is 5.58. The Morgan fingerprint density at radius 1 is 1.75 bits per heavy atom. The van der Waals surface area contributed by atoms with Crippen molar-refractivity contribution in [2.75, 3.05) is 7.11 Å². The van der Waals surface area contributed by atoms with Gasteiger partial charge in [0.05, 0.1) is 13.3 Å². The average Bonchev–Trinajstić information content (AvgIpc) is 2.30. The summed E-state index contributed by atoms with van der Waals surface area (Å²) < 4.78 is 29.5. The van der Waals surface area contributed by atoms with Gasteiger partial charge in [0.1, 0.15) is 11.6 Å². The van der Waals surface area contributed by atoms with Crippen LogP contribution < -0.4 is 4.74 Å². The van der Waals surface area contributed by atoms with Gasteiger partial charge in [-0.25, -0.2) is 13.5 Å². The molecule has 0 spiro atoms. The first-order chi connectivity index (χ1) is 5.65. The summed E-state index contributed by atoms with van der Waals surface area (Å²) in [5.74, 6) is 0.164. The molecule has 0 saturated heterocycles. The lowest BCUT2D eigenvalue weighted by Crippen LogP contribution is -2.09. The molecule has 0 aromatic carbocycles. The zero-order chi connectivity index (χ0) is 9.14. The van der Waals surface area contributed by atoms with Crippen LogP contribution in [0.5, 0.6) is 5.88 Å². The number of methoxy groups -OCH3 is 1. The Labute approximate surface area is 72.9 Å². The van der Waals surface area contributed by atoms with Crippen molar-refractivity contribution in [2.45, 2.75) is 13.0 Å². The lowest BCUT2D eigenvalue weighted by molar-refractivity contribution is 0.117. The van der Waals surface area contributed by atoms with Gasteiger partial charge in [-0.3, -0.25) is 0 Å². The number of halogens is 3. The molecule has 0 bridgehead atoms. The zero-order valence-corrected chi connectivity index (χ0v) is 7.05. The first kappa shape index (κ1) is 9.25. The third-order valence-corrected chi connectivity index (χ3v) is 1.51. The largest absolute Gasteiger partial charge is 0.480 e. The van der Waals surface area contributed by atoms with E-state index >= 15 is 0 Å². The molecule has 0 N–H and O–H groups in total. The molecule has 1 heterocycles. The van der Waals surface area contributed by atoms with Crippen molar-refractivity contribution in [1.82, 2.24) is 9.78 Å². The van der Waals surface area contributed by atoms with Gasteiger partial charge in [0.25, 0.3) is 6.43 Å². The average molecular weight is 197 g/mol. The molecule has 12 heavy (non-hydrogen) atoms. The Balaban J connectivity index is 2.84. The molecule has 0 saturated carbocycles. The van der Waals surface area contributed by atoms with Crippen molar-refractivity contribution in [3.63, 3.8) is 0 Å². The quantitative estimate of drug-likeness (QED) is 0.737. The van der Waals surface area contributed by atoms with Crippen LogP contribution in [0.15, 0.2) is 6.20 Å². The van der Waals surface area contributed by atoms with E-state index in [4.69, 9.17) is 16.3 Å². The van der Waals surface area contributed by atoms with Crippen LogP contribution in [0.1, 0.15) is 0 Å². The van der Waals surface area contributed by atoms with E-state index in [9.17, 15) is 8.78 Å². The van der Waals surface area contributed by atoms with Gasteiger partial charge >= 0.3 is 0 Å². The number of hydrogen-bond donors (Lipinski definition) is 0. The number of hydrogen-bond acceptors (Lipinski definition) is 2. The third kappa shape index (κ3) is 1.85. The van der Waals surface area contributed by atoms with Gasteiger partial charge in [0.2, 0.25) is 5.88 Å². The third-order valence-electron chi connectivity index (χ3n) is 1.25. The predicted octanol–water partition coefficient (Wildman–Crippen LogP) is 1.81. The number of alkyl halides is 2. The van der Waals surface area contributed by atoms with E-state index < -0.39 is 13.0 Å². The second-order valence-electron chi connectivity index (χ2n) is 2.07. The fraction of sp³-hybridized carbons (Fsp3) is 0.500. The maximum absolute atomic E-state index is 11.9. The van der Waals surface area contributed by atoms with E-state index in [0.29, 0.717) is 0 Å². The lowest BCUT2D eigenvalue weighted by Gasteiger charge is -2.04. The van der Waals surface area contributed by atoms with Crippen molar-refractivity contribution in [3.05, 3.63) is 11.2 Å². The summed E-state index contributed by atoms with van der Waals surface area (Å²) in [6.45, 7) is -0.504. The molecule has 0 aliphatic heterocycles. The van der Waals surface area contributed by atoms with E-state index in [2.05, 4.69) is 5.10 Å². The first-order valence-corrected chi connectivity index (χ1v) is 3.56. The molecule has 6 heteroatoms. The highest BCUT2D eigenvalue weighted by Crippen LogP contribution is 2.23. The highest BCUT2D eigenvalue weighted by molar-refractivity contribution is 6.31. The maximum atomic E-state index is 11.9. The van der Waals surface area contributed by atoms with Crippen LogP contribution in [0.2, 0.25) is 5.02 Å². The standard InChI is InChI=1S/C6H7ClF2N2O/c1-12-6-4(7)2-10-11(6)3-5(8)9/h2,5H,3H2,1H3. The molecular weight excluding hydrogens is 190 g/mol. The van der Waals surface area contributed by atoms with Gasteiger partial charge in [0.15, 0.2) is 0 Å². The zero-order valence-electron chi connectivity index (χ0n) is 6.30. The monoisotopic (exact) mass is 196 g/mol. The Morgan fingerprint density at radius 3 is 2.92 bits per heavy atom. The fourth-order valence-electron chi connectivity index (χ4n) is 0.815. The van der Waals surface area contributed by atoms with Crippen molar-refractivity contribution >= 4 is 11.6 Å². The molecule has 1 rings (SSSR count). The first-order valence-electron chi connectivity index (χ1n) is 3.18. The van der Waals surface area contributed by atoms with Gasteiger partial charge in [-0.05, 0) is 0 Å². The summed E-state index contributed by atoms with van der Waals surface area (Å²) in [5, 5.41) is 3.84. The van der Waals surface area contributed by atoms with Gasteiger partial charge in [0, 0.05) is 0 Å². The number of ether oxygens (including phenoxy) is 1. The molecule has 3 nitrogen and oxygen atoms in total. The highest BCUT2D eigenvalue weighted by Gasteiger charge is 2.12. The van der Waals surface area contributed by atoms with Gasteiger partial charge in [-0.1, -0.05) is 11.6 Å². The second-order valence-corrected chi connectivity index (χ2v) is 2.48. The number of aromatic nitrogens is 2. The van der Waals surface area contributed by atoms with Crippen LogP contribution in [-0.2, 0) is 6.54 Å². The molecule has 0 amide bonds. The molecule has 1 aromatic rings. The predicted molar refractivity (Wildman–Crippen MR) is 39.8 cm³/mol. The molecule has 1 aromatic heterocycles. The fourth-order valence-corrected chi connectivity index (χ4v) is 1.03. The molecule has 0 aliphatic rings. The van der Waals surface area contributed by atoms with Crippen LogP contribution in [0.25, 0.3) is 0 Å². The normalized spacial score (nSPS) is 10.8. The van der Waals surface area contributed by atoms with Crippen LogP contribution in [-0.4, -0.2) is 23.3 Å². The minimum absolute atomic E-state index is 0.164. The molecule has 0 atom stereocenters. The Bertz CT molecular complexity index is 264. The minimum atomic E-state index is -2.46. The number of rotatable bonds is 3. The van der Waals surface area contributed by atoms with Crippen LogP contribution in [0.4, 0.5) is 8.78 Å². The highest BCUT2D eigenvalue weighted by atomic mass is 35.5. The smallest absolute Gasteiger partial charge is 0.258 e. The maximum Gasteiger partial charge on any atom is 0.258 e. The number of nitrogens with zero attached hydrogens (tertiary/aromatic N) is 2. The van der Waals surface area contributed by atoms with Crippen molar-refractivity contribution in [1.29, 1.82) is 0 Å². The van der Waals surface area contributed by atoms with E-state index in [1.807, 2.05) is 0 Å². The van der Waals surface area contributed by atoms with E-state index in [1.165, 1.54) is 13.3 Å². The summed E-state index contributed by atoms with van der Waals surface area (Å²) in [6.07, 6.45) is -1.20. The summed E-state index contributed by atoms with van der Waals surface area (Å²) in [6, 6.07) is 0. The molecule has 0 fully saturated rings. The van der Waals surface area contributed by atoms with Gasteiger partial charge in [-0.15, -0.1) is 0 Å².